The molecule has 0 unspecified atom stereocenters. The summed E-state index contributed by atoms with van der Waals surface area (Å²) in [5.41, 5.74) is 0. The van der Waals surface area contributed by atoms with E-state index >= 15 is 0 Å². The molecule has 0 aromatic heterocycles. The van der Waals surface area contributed by atoms with Gasteiger partial charge >= 0.3 is 6.09 Å². The van der Waals surface area contributed by atoms with E-state index in [9.17, 15) is 4.79 Å². The number of amides is 1. The quantitative estimate of drug-likeness (QED) is 0.543. The topological polar surface area (TPSA) is 49.8 Å². The Labute approximate surface area is 83.8 Å². The van der Waals surface area contributed by atoms with Gasteiger partial charge in [0.2, 0.25) is 0 Å². The van der Waals surface area contributed by atoms with Crippen LogP contribution in [-0.2, 0) is 4.74 Å². The van der Waals surface area contributed by atoms with Crippen LogP contribution in [0.25, 0.3) is 0 Å². The van der Waals surface area contributed by atoms with Crippen molar-refractivity contribution in [2.75, 3.05) is 26.3 Å². The molecule has 0 aromatic rings. The van der Waals surface area contributed by atoms with Crippen molar-refractivity contribution < 1.29 is 14.6 Å². The van der Waals surface area contributed by atoms with Gasteiger partial charge in [-0.25, -0.2) is 4.79 Å². The van der Waals surface area contributed by atoms with Crippen LogP contribution in [0.15, 0.2) is 0 Å². The average molecular weight is 197 g/mol. The standard InChI is InChI=1S/C10H15NO3/c1-2-7-14-8-9-3-5-11(6-4-9)10(12)13/h1,9H,3-8H2,(H,12,13). The molecule has 0 atom stereocenters. The first-order valence-electron chi connectivity index (χ1n) is 4.73. The minimum absolute atomic E-state index is 0.346. The van der Waals surface area contributed by atoms with Crippen LogP contribution < -0.4 is 0 Å². The average Bonchev–Trinajstić information content (AvgIpc) is 2.19. The number of hydrogen-bond acceptors (Lipinski definition) is 2. The molecular weight excluding hydrogens is 182 g/mol. The Bertz CT molecular complexity index is 226. The van der Waals surface area contributed by atoms with Gasteiger partial charge in [0.1, 0.15) is 6.61 Å². The van der Waals surface area contributed by atoms with Crippen molar-refractivity contribution >= 4 is 6.09 Å². The molecule has 78 valence electrons. The summed E-state index contributed by atoms with van der Waals surface area (Å²) in [6, 6.07) is 0. The predicted octanol–water partition coefficient (Wildman–Crippen LogP) is 1.03. The lowest BCUT2D eigenvalue weighted by atomic mass is 9.98. The van der Waals surface area contributed by atoms with Crippen molar-refractivity contribution in [1.82, 2.24) is 4.90 Å². The molecule has 0 radical (unpaired) electrons. The number of ether oxygens (including phenoxy) is 1. The summed E-state index contributed by atoms with van der Waals surface area (Å²) in [7, 11) is 0. The second kappa shape index (κ2) is 5.51. The predicted molar refractivity (Wildman–Crippen MR) is 52.0 cm³/mol. The van der Waals surface area contributed by atoms with Crippen molar-refractivity contribution in [2.45, 2.75) is 12.8 Å². The molecule has 0 spiro atoms. The van der Waals surface area contributed by atoms with Gasteiger partial charge in [0.05, 0.1) is 6.61 Å². The van der Waals surface area contributed by atoms with E-state index in [1.54, 1.807) is 0 Å². The largest absolute Gasteiger partial charge is 0.465 e. The fourth-order valence-corrected chi connectivity index (χ4v) is 1.58. The number of rotatable bonds is 3. The summed E-state index contributed by atoms with van der Waals surface area (Å²) in [4.78, 5) is 12.0. The molecule has 1 aliphatic heterocycles. The van der Waals surface area contributed by atoms with Gasteiger partial charge in [-0.3, -0.25) is 0 Å². The van der Waals surface area contributed by atoms with Crippen molar-refractivity contribution in [3.8, 4) is 12.3 Å². The maximum Gasteiger partial charge on any atom is 0.407 e. The Morgan fingerprint density at radius 3 is 2.71 bits per heavy atom. The summed E-state index contributed by atoms with van der Waals surface area (Å²) in [6.45, 7) is 2.22. The molecule has 1 aliphatic rings. The molecule has 1 fully saturated rings. The van der Waals surface area contributed by atoms with Crippen LogP contribution in [0.4, 0.5) is 4.79 Å². The molecule has 1 heterocycles. The molecule has 4 heteroatoms. The first-order chi connectivity index (χ1) is 6.74. The molecule has 1 N–H and O–H groups in total. The Hall–Kier alpha value is -1.21. The van der Waals surface area contributed by atoms with E-state index in [4.69, 9.17) is 16.3 Å². The third kappa shape index (κ3) is 3.27. The van der Waals surface area contributed by atoms with E-state index in [1.807, 2.05) is 0 Å². The van der Waals surface area contributed by atoms with Gasteiger partial charge in [0.15, 0.2) is 0 Å². The lowest BCUT2D eigenvalue weighted by Crippen LogP contribution is -2.38. The molecule has 14 heavy (non-hydrogen) atoms. The van der Waals surface area contributed by atoms with Gasteiger partial charge in [0.25, 0.3) is 0 Å². The molecule has 0 bridgehead atoms. The zero-order valence-corrected chi connectivity index (χ0v) is 8.11. The van der Waals surface area contributed by atoms with Gasteiger partial charge in [0, 0.05) is 13.1 Å². The van der Waals surface area contributed by atoms with E-state index in [0.717, 1.165) is 12.8 Å². The molecule has 0 saturated carbocycles. The Morgan fingerprint density at radius 2 is 2.21 bits per heavy atom. The SMILES string of the molecule is C#CCOCC1CCN(C(=O)O)CC1. The highest BCUT2D eigenvalue weighted by Gasteiger charge is 2.21. The van der Waals surface area contributed by atoms with Crippen LogP contribution in [0.3, 0.4) is 0 Å². The minimum Gasteiger partial charge on any atom is -0.465 e. The number of nitrogens with zero attached hydrogens (tertiary/aromatic N) is 1. The lowest BCUT2D eigenvalue weighted by Gasteiger charge is -2.29. The zero-order chi connectivity index (χ0) is 10.4. The van der Waals surface area contributed by atoms with Gasteiger partial charge in [-0.1, -0.05) is 5.92 Å². The van der Waals surface area contributed by atoms with Gasteiger partial charge in [-0.05, 0) is 18.8 Å². The molecular formula is C10H15NO3. The van der Waals surface area contributed by atoms with Crippen LogP contribution in [0.2, 0.25) is 0 Å². The monoisotopic (exact) mass is 197 g/mol. The second-order valence-corrected chi connectivity index (χ2v) is 3.43. The molecule has 4 nitrogen and oxygen atoms in total. The Kier molecular flexibility index (Phi) is 4.27. The van der Waals surface area contributed by atoms with E-state index < -0.39 is 6.09 Å². The number of piperidine rings is 1. The second-order valence-electron chi connectivity index (χ2n) is 3.43. The van der Waals surface area contributed by atoms with Gasteiger partial charge < -0.3 is 14.7 Å². The lowest BCUT2D eigenvalue weighted by molar-refractivity contribution is 0.0796. The van der Waals surface area contributed by atoms with Crippen molar-refractivity contribution in [3.05, 3.63) is 0 Å². The molecule has 1 amide bonds. The third-order valence-electron chi connectivity index (χ3n) is 2.42. The van der Waals surface area contributed by atoms with Crippen LogP contribution in [0.1, 0.15) is 12.8 Å². The number of hydrogen-bond donors (Lipinski definition) is 1. The Balaban J connectivity index is 2.16. The maximum atomic E-state index is 10.6. The van der Waals surface area contributed by atoms with Gasteiger partial charge in [-0.15, -0.1) is 6.42 Å². The highest BCUT2D eigenvalue weighted by atomic mass is 16.5. The number of carbonyl (C=O) groups is 1. The van der Waals surface area contributed by atoms with E-state index in [-0.39, 0.29) is 0 Å². The number of likely N-dealkylation sites (tertiary alicyclic amines) is 1. The number of terminal acetylenes is 1. The summed E-state index contributed by atoms with van der Waals surface area (Å²) in [6.07, 6.45) is 5.96. The maximum absolute atomic E-state index is 10.6. The smallest absolute Gasteiger partial charge is 0.407 e. The summed E-state index contributed by atoms with van der Waals surface area (Å²) in [5, 5.41) is 8.71. The molecule has 0 aliphatic carbocycles. The third-order valence-corrected chi connectivity index (χ3v) is 2.42. The highest BCUT2D eigenvalue weighted by Crippen LogP contribution is 2.17. The highest BCUT2D eigenvalue weighted by molar-refractivity contribution is 5.64. The Morgan fingerprint density at radius 1 is 1.57 bits per heavy atom. The first-order valence-corrected chi connectivity index (χ1v) is 4.73. The summed E-state index contributed by atoms with van der Waals surface area (Å²) < 4.78 is 5.22. The van der Waals surface area contributed by atoms with E-state index in [0.29, 0.717) is 32.2 Å². The first kappa shape index (κ1) is 10.9. The van der Waals surface area contributed by atoms with E-state index in [2.05, 4.69) is 5.92 Å². The van der Waals surface area contributed by atoms with Crippen molar-refractivity contribution in [1.29, 1.82) is 0 Å². The molecule has 0 aromatic carbocycles. The molecule has 1 rings (SSSR count). The number of carboxylic acid groups (broad SMARTS) is 1. The van der Waals surface area contributed by atoms with Gasteiger partial charge in [-0.2, -0.15) is 0 Å². The molecule has 1 saturated heterocycles. The summed E-state index contributed by atoms with van der Waals surface area (Å²) in [5.74, 6) is 2.86. The zero-order valence-electron chi connectivity index (χ0n) is 8.11. The fourth-order valence-electron chi connectivity index (χ4n) is 1.58. The van der Waals surface area contributed by atoms with Crippen LogP contribution in [0.5, 0.6) is 0 Å². The minimum atomic E-state index is -0.826. The fraction of sp³-hybridized carbons (Fsp3) is 0.700. The van der Waals surface area contributed by atoms with Crippen molar-refractivity contribution in [3.63, 3.8) is 0 Å². The van der Waals surface area contributed by atoms with Crippen molar-refractivity contribution in [2.24, 2.45) is 5.92 Å². The van der Waals surface area contributed by atoms with Crippen LogP contribution >= 0.6 is 0 Å². The van der Waals surface area contributed by atoms with E-state index in [1.165, 1.54) is 4.90 Å². The normalized spacial score (nSPS) is 17.8. The van der Waals surface area contributed by atoms with Crippen LogP contribution in [-0.4, -0.2) is 42.4 Å². The summed E-state index contributed by atoms with van der Waals surface area (Å²) >= 11 is 0. The van der Waals surface area contributed by atoms with Crippen LogP contribution in [0, 0.1) is 18.3 Å².